The molecule has 0 radical (unpaired) electrons. The van der Waals surface area contributed by atoms with E-state index < -0.39 is 0 Å². The average Bonchev–Trinajstić information content (AvgIpc) is 2.72. The third kappa shape index (κ3) is 3.82. The van der Waals surface area contributed by atoms with Crippen molar-refractivity contribution in [1.29, 1.82) is 0 Å². The second-order valence-corrected chi connectivity index (χ2v) is 7.02. The fourth-order valence-corrected chi connectivity index (χ4v) is 3.43. The monoisotopic (exact) mass is 316 g/mol. The predicted molar refractivity (Wildman–Crippen MR) is 95.0 cm³/mol. The first-order chi connectivity index (χ1) is 11.0. The normalized spacial score (nSPS) is 15.7. The topological polar surface area (TPSA) is 29.3 Å². The number of benzene rings is 1. The van der Waals surface area contributed by atoms with E-state index in [-0.39, 0.29) is 5.41 Å². The highest BCUT2D eigenvalue weighted by Gasteiger charge is 2.42. The van der Waals surface area contributed by atoms with Gasteiger partial charge in [-0.3, -0.25) is 4.79 Å². The number of rotatable bonds is 9. The molecule has 0 atom stereocenters. The van der Waals surface area contributed by atoms with Crippen molar-refractivity contribution in [2.24, 2.45) is 0 Å². The molecule has 1 aromatic carbocycles. The molecule has 0 spiro atoms. The second-order valence-electron chi connectivity index (χ2n) is 7.02. The maximum Gasteiger partial charge on any atom is 0.298 e. The first kappa shape index (κ1) is 17.7. The van der Waals surface area contributed by atoms with Crippen LogP contribution in [-0.4, -0.2) is 23.3 Å². The molecule has 3 heteroatoms. The van der Waals surface area contributed by atoms with Crippen molar-refractivity contribution in [1.82, 2.24) is 0 Å². The number of hydrogen-bond donors (Lipinski definition) is 0. The molecular weight excluding hydrogens is 286 g/mol. The first-order valence-electron chi connectivity index (χ1n) is 8.88. The van der Waals surface area contributed by atoms with Gasteiger partial charge in [-0.25, -0.2) is 0 Å². The summed E-state index contributed by atoms with van der Waals surface area (Å²) in [6.45, 7) is 10.5. The van der Waals surface area contributed by atoms with E-state index in [2.05, 4.69) is 38.3 Å². The molecule has 0 unspecified atom stereocenters. The van der Waals surface area contributed by atoms with Gasteiger partial charge < -0.3 is 4.74 Å². The molecule has 0 aromatic heterocycles. The van der Waals surface area contributed by atoms with Crippen LogP contribution in [0.4, 0.5) is 5.69 Å². The lowest BCUT2D eigenvalue weighted by Crippen LogP contribution is -2.26. The summed E-state index contributed by atoms with van der Waals surface area (Å²) in [6, 6.07) is 5.98. The Morgan fingerprint density at radius 1 is 1.13 bits per heavy atom. The van der Waals surface area contributed by atoms with E-state index >= 15 is 0 Å². The van der Waals surface area contributed by atoms with Gasteiger partial charge in [-0.05, 0) is 32.4 Å². The minimum Gasteiger partial charge on any atom is -0.429 e. The molecule has 0 fully saturated rings. The van der Waals surface area contributed by atoms with E-state index in [1.54, 1.807) is 0 Å². The van der Waals surface area contributed by atoms with E-state index in [1.807, 2.05) is 12.1 Å². The van der Waals surface area contributed by atoms with E-state index in [0.29, 0.717) is 12.2 Å². The van der Waals surface area contributed by atoms with Gasteiger partial charge in [0.25, 0.3) is 6.47 Å². The maximum atomic E-state index is 10.6. The van der Waals surface area contributed by atoms with Crippen LogP contribution in [0.3, 0.4) is 0 Å². The summed E-state index contributed by atoms with van der Waals surface area (Å²) in [4.78, 5) is 10.6. The Labute approximate surface area is 140 Å². The quantitative estimate of drug-likeness (QED) is 0.365. The molecule has 1 aliphatic rings. The minimum atomic E-state index is -0.0141. The SMILES string of the molecule is CCCCCCCC[N+]1=C(C)C(C)(C)c2cc(OC=O)ccc21. The highest BCUT2D eigenvalue weighted by molar-refractivity contribution is 5.93. The Balaban J connectivity index is 2.09. The van der Waals surface area contributed by atoms with Crippen LogP contribution >= 0.6 is 0 Å². The van der Waals surface area contributed by atoms with Gasteiger partial charge in [0.15, 0.2) is 5.71 Å². The maximum absolute atomic E-state index is 10.6. The van der Waals surface area contributed by atoms with Crippen molar-refractivity contribution in [2.75, 3.05) is 6.54 Å². The van der Waals surface area contributed by atoms with Crippen LogP contribution in [0.2, 0.25) is 0 Å². The summed E-state index contributed by atoms with van der Waals surface area (Å²) >= 11 is 0. The van der Waals surface area contributed by atoms with Crippen LogP contribution in [0.15, 0.2) is 18.2 Å². The Morgan fingerprint density at radius 3 is 2.52 bits per heavy atom. The van der Waals surface area contributed by atoms with Gasteiger partial charge in [-0.2, -0.15) is 4.58 Å². The van der Waals surface area contributed by atoms with Crippen LogP contribution in [0.25, 0.3) is 0 Å². The molecule has 0 amide bonds. The highest BCUT2D eigenvalue weighted by Crippen LogP contribution is 2.41. The van der Waals surface area contributed by atoms with Gasteiger partial charge in [0.1, 0.15) is 12.3 Å². The van der Waals surface area contributed by atoms with Crippen molar-refractivity contribution in [3.63, 3.8) is 0 Å². The summed E-state index contributed by atoms with van der Waals surface area (Å²) in [5.41, 5.74) is 3.88. The Morgan fingerprint density at radius 2 is 1.83 bits per heavy atom. The molecule has 0 aliphatic carbocycles. The Kier molecular flexibility index (Phi) is 5.97. The molecule has 1 heterocycles. The summed E-state index contributed by atoms with van der Waals surface area (Å²) in [5, 5.41) is 0. The van der Waals surface area contributed by atoms with Gasteiger partial charge in [-0.15, -0.1) is 0 Å². The highest BCUT2D eigenvalue weighted by atomic mass is 16.5. The molecule has 0 saturated heterocycles. The van der Waals surface area contributed by atoms with E-state index in [4.69, 9.17) is 4.74 Å². The van der Waals surface area contributed by atoms with Crippen LogP contribution in [0.5, 0.6) is 5.75 Å². The third-order valence-electron chi connectivity index (χ3n) is 5.16. The fraction of sp³-hybridized carbons (Fsp3) is 0.600. The van der Waals surface area contributed by atoms with E-state index in [1.165, 1.54) is 55.5 Å². The average molecular weight is 316 g/mol. The van der Waals surface area contributed by atoms with Crippen molar-refractivity contribution >= 4 is 17.9 Å². The lowest BCUT2D eigenvalue weighted by Gasteiger charge is -2.15. The molecule has 0 N–H and O–H groups in total. The molecular formula is C20H30NO2+. The number of carbonyl (C=O) groups is 1. The van der Waals surface area contributed by atoms with Crippen LogP contribution in [0.1, 0.15) is 71.8 Å². The third-order valence-corrected chi connectivity index (χ3v) is 5.16. The van der Waals surface area contributed by atoms with Crippen molar-refractivity contribution < 1.29 is 14.1 Å². The van der Waals surface area contributed by atoms with E-state index in [9.17, 15) is 4.79 Å². The number of fused-ring (bicyclic) bond motifs is 1. The summed E-state index contributed by atoms with van der Waals surface area (Å²) in [5.74, 6) is 0.626. The van der Waals surface area contributed by atoms with Gasteiger partial charge in [0.2, 0.25) is 5.69 Å². The predicted octanol–water partition coefficient (Wildman–Crippen LogP) is 4.98. The Hall–Kier alpha value is -1.64. The number of carbonyl (C=O) groups excluding carboxylic acids is 1. The lowest BCUT2D eigenvalue weighted by molar-refractivity contribution is -0.439. The van der Waals surface area contributed by atoms with Gasteiger partial charge in [0, 0.05) is 25.0 Å². The zero-order valence-electron chi connectivity index (χ0n) is 15.0. The summed E-state index contributed by atoms with van der Waals surface area (Å²) in [6.07, 6.45) is 7.86. The van der Waals surface area contributed by atoms with Gasteiger partial charge >= 0.3 is 0 Å². The molecule has 126 valence electrons. The fourth-order valence-electron chi connectivity index (χ4n) is 3.43. The molecule has 0 bridgehead atoms. The van der Waals surface area contributed by atoms with Crippen molar-refractivity contribution in [3.8, 4) is 5.75 Å². The lowest BCUT2D eigenvalue weighted by atomic mass is 9.82. The molecule has 23 heavy (non-hydrogen) atoms. The number of ether oxygens (including phenoxy) is 1. The zero-order valence-corrected chi connectivity index (χ0v) is 15.0. The molecule has 3 nitrogen and oxygen atoms in total. The van der Waals surface area contributed by atoms with Crippen LogP contribution in [-0.2, 0) is 10.2 Å². The number of nitrogens with zero attached hydrogens (tertiary/aromatic N) is 1. The minimum absolute atomic E-state index is 0.0141. The largest absolute Gasteiger partial charge is 0.429 e. The van der Waals surface area contributed by atoms with E-state index in [0.717, 1.165) is 6.54 Å². The van der Waals surface area contributed by atoms with Gasteiger partial charge in [-0.1, -0.05) is 32.6 Å². The molecule has 1 aliphatic heterocycles. The molecule has 2 rings (SSSR count). The Bertz CT molecular complexity index is 587. The molecule has 1 aromatic rings. The van der Waals surface area contributed by atoms with Crippen molar-refractivity contribution in [2.45, 2.75) is 71.6 Å². The number of hydrogen-bond acceptors (Lipinski definition) is 2. The zero-order chi connectivity index (χ0) is 16.9. The van der Waals surface area contributed by atoms with Crippen LogP contribution < -0.4 is 4.74 Å². The molecule has 0 saturated carbocycles. The van der Waals surface area contributed by atoms with Crippen LogP contribution in [0, 0.1) is 0 Å². The summed E-state index contributed by atoms with van der Waals surface area (Å²) < 4.78 is 7.47. The first-order valence-corrected chi connectivity index (χ1v) is 8.88. The standard InChI is InChI=1S/C20H30NO2/c1-5-6-7-8-9-10-13-21-16(2)20(3,4)18-14-17(23-15-22)11-12-19(18)21/h11-12,14-15H,5-10,13H2,1-4H3/q+1. The number of unbranched alkanes of at least 4 members (excludes halogenated alkanes) is 5. The second kappa shape index (κ2) is 7.76. The van der Waals surface area contributed by atoms with Crippen molar-refractivity contribution in [3.05, 3.63) is 23.8 Å². The van der Waals surface area contributed by atoms with Gasteiger partial charge in [0.05, 0.1) is 5.41 Å². The smallest absolute Gasteiger partial charge is 0.298 e. The summed E-state index contributed by atoms with van der Waals surface area (Å²) in [7, 11) is 0.